The molecule has 2 N–H and O–H groups in total. The molecule has 0 fully saturated rings. The minimum absolute atomic E-state index is 0.0217. The summed E-state index contributed by atoms with van der Waals surface area (Å²) in [6.45, 7) is 6.68. The number of hydrogen-bond acceptors (Lipinski definition) is 3. The number of aryl methyl sites for hydroxylation is 2. The molecule has 0 unspecified atom stereocenters. The van der Waals surface area contributed by atoms with Crippen molar-refractivity contribution in [3.8, 4) is 11.5 Å². The van der Waals surface area contributed by atoms with Gasteiger partial charge in [-0.15, -0.1) is 0 Å². The summed E-state index contributed by atoms with van der Waals surface area (Å²) in [4.78, 5) is 0. The third-order valence-electron chi connectivity index (χ3n) is 3.73. The molecule has 112 valence electrons. The molecule has 0 bridgehead atoms. The summed E-state index contributed by atoms with van der Waals surface area (Å²) in [6.07, 6.45) is 0. The molecule has 3 heteroatoms. The van der Waals surface area contributed by atoms with E-state index < -0.39 is 0 Å². The van der Waals surface area contributed by atoms with Gasteiger partial charge in [0.1, 0.15) is 6.61 Å². The Kier molecular flexibility index (Phi) is 4.86. The Morgan fingerprint density at radius 1 is 1.05 bits per heavy atom. The third-order valence-corrected chi connectivity index (χ3v) is 3.73. The topological polar surface area (TPSA) is 44.5 Å². The molecule has 0 aromatic heterocycles. The summed E-state index contributed by atoms with van der Waals surface area (Å²) in [5.41, 5.74) is 10.6. The maximum Gasteiger partial charge on any atom is 0.161 e. The quantitative estimate of drug-likeness (QED) is 0.905. The van der Waals surface area contributed by atoms with Crippen LogP contribution in [0.3, 0.4) is 0 Å². The van der Waals surface area contributed by atoms with E-state index in [-0.39, 0.29) is 6.04 Å². The standard InChI is InChI=1S/C18H23NO2/c1-12-6-5-7-13(2)16(12)11-21-17-9-8-15(14(3)19)10-18(17)20-4/h5-10,14H,11,19H2,1-4H3/t14-/m0/s1. The van der Waals surface area contributed by atoms with Crippen molar-refractivity contribution in [2.45, 2.75) is 33.4 Å². The van der Waals surface area contributed by atoms with E-state index in [1.54, 1.807) is 7.11 Å². The second-order valence-electron chi connectivity index (χ2n) is 5.36. The minimum atomic E-state index is -0.0217. The molecule has 0 aliphatic rings. The minimum Gasteiger partial charge on any atom is -0.493 e. The number of nitrogens with two attached hydrogens (primary N) is 1. The van der Waals surface area contributed by atoms with E-state index in [9.17, 15) is 0 Å². The Morgan fingerprint density at radius 3 is 2.29 bits per heavy atom. The van der Waals surface area contributed by atoms with Crippen LogP contribution < -0.4 is 15.2 Å². The van der Waals surface area contributed by atoms with Gasteiger partial charge >= 0.3 is 0 Å². The van der Waals surface area contributed by atoms with Crippen molar-refractivity contribution in [3.05, 3.63) is 58.7 Å². The van der Waals surface area contributed by atoms with Gasteiger partial charge in [0.15, 0.2) is 11.5 Å². The number of benzene rings is 2. The predicted octanol–water partition coefficient (Wildman–Crippen LogP) is 3.91. The molecule has 2 aromatic carbocycles. The van der Waals surface area contributed by atoms with Crippen LogP contribution in [0.15, 0.2) is 36.4 Å². The van der Waals surface area contributed by atoms with E-state index in [0.717, 1.165) is 17.1 Å². The molecule has 2 rings (SSSR count). The van der Waals surface area contributed by atoms with Crippen molar-refractivity contribution < 1.29 is 9.47 Å². The number of methoxy groups -OCH3 is 1. The Morgan fingerprint density at radius 2 is 1.71 bits per heavy atom. The van der Waals surface area contributed by atoms with Gasteiger partial charge < -0.3 is 15.2 Å². The molecule has 2 aromatic rings. The zero-order valence-corrected chi connectivity index (χ0v) is 13.1. The van der Waals surface area contributed by atoms with Gasteiger partial charge in [-0.25, -0.2) is 0 Å². The van der Waals surface area contributed by atoms with Crippen molar-refractivity contribution in [2.75, 3.05) is 7.11 Å². The van der Waals surface area contributed by atoms with Gasteiger partial charge in [-0.05, 0) is 55.2 Å². The van der Waals surface area contributed by atoms with Crippen LogP contribution in [0.4, 0.5) is 0 Å². The van der Waals surface area contributed by atoms with Crippen LogP contribution in [0.5, 0.6) is 11.5 Å². The summed E-state index contributed by atoms with van der Waals surface area (Å²) in [5, 5.41) is 0. The van der Waals surface area contributed by atoms with E-state index >= 15 is 0 Å². The molecule has 3 nitrogen and oxygen atoms in total. The summed E-state index contributed by atoms with van der Waals surface area (Å²) < 4.78 is 11.3. The van der Waals surface area contributed by atoms with Crippen LogP contribution in [0, 0.1) is 13.8 Å². The first kappa shape index (κ1) is 15.4. The van der Waals surface area contributed by atoms with Crippen LogP contribution in [0.25, 0.3) is 0 Å². The molecule has 0 saturated heterocycles. The van der Waals surface area contributed by atoms with E-state index in [0.29, 0.717) is 6.61 Å². The zero-order valence-electron chi connectivity index (χ0n) is 13.1. The van der Waals surface area contributed by atoms with Crippen molar-refractivity contribution >= 4 is 0 Å². The normalized spacial score (nSPS) is 12.0. The molecule has 0 saturated carbocycles. The maximum atomic E-state index is 5.94. The number of ether oxygens (including phenoxy) is 2. The lowest BCUT2D eigenvalue weighted by atomic mass is 10.0. The van der Waals surface area contributed by atoms with Gasteiger partial charge in [-0.3, -0.25) is 0 Å². The predicted molar refractivity (Wildman–Crippen MR) is 85.8 cm³/mol. The van der Waals surface area contributed by atoms with Crippen LogP contribution in [0.2, 0.25) is 0 Å². The fourth-order valence-corrected chi connectivity index (χ4v) is 2.31. The fraction of sp³-hybridized carbons (Fsp3) is 0.333. The molecular formula is C18H23NO2. The van der Waals surface area contributed by atoms with Crippen molar-refractivity contribution in [1.29, 1.82) is 0 Å². The summed E-state index contributed by atoms with van der Waals surface area (Å²) in [5.74, 6) is 1.46. The van der Waals surface area contributed by atoms with Crippen LogP contribution in [-0.2, 0) is 6.61 Å². The highest BCUT2D eigenvalue weighted by Gasteiger charge is 2.10. The Hall–Kier alpha value is -2.00. The molecule has 0 aliphatic carbocycles. The molecule has 0 heterocycles. The number of hydrogen-bond donors (Lipinski definition) is 1. The van der Waals surface area contributed by atoms with Gasteiger partial charge in [-0.1, -0.05) is 24.3 Å². The SMILES string of the molecule is COc1cc([C@H](C)N)ccc1OCc1c(C)cccc1C. The smallest absolute Gasteiger partial charge is 0.161 e. The third kappa shape index (κ3) is 3.56. The maximum absolute atomic E-state index is 5.94. The Bertz CT molecular complexity index is 600. The lowest BCUT2D eigenvalue weighted by Crippen LogP contribution is -2.06. The van der Waals surface area contributed by atoms with Gasteiger partial charge in [0.05, 0.1) is 7.11 Å². The second-order valence-corrected chi connectivity index (χ2v) is 5.36. The molecule has 0 radical (unpaired) electrons. The van der Waals surface area contributed by atoms with Gasteiger partial charge in [0.2, 0.25) is 0 Å². The van der Waals surface area contributed by atoms with E-state index in [4.69, 9.17) is 15.2 Å². The van der Waals surface area contributed by atoms with Crippen LogP contribution >= 0.6 is 0 Å². The van der Waals surface area contributed by atoms with E-state index in [1.807, 2.05) is 25.1 Å². The first-order valence-corrected chi connectivity index (χ1v) is 7.14. The molecule has 21 heavy (non-hydrogen) atoms. The monoisotopic (exact) mass is 285 g/mol. The Labute approximate surface area is 126 Å². The zero-order chi connectivity index (χ0) is 15.4. The molecule has 0 spiro atoms. The van der Waals surface area contributed by atoms with Crippen LogP contribution in [-0.4, -0.2) is 7.11 Å². The van der Waals surface area contributed by atoms with E-state index in [2.05, 4.69) is 32.0 Å². The number of rotatable bonds is 5. The average Bonchev–Trinajstić information content (AvgIpc) is 2.46. The second kappa shape index (κ2) is 6.64. The highest BCUT2D eigenvalue weighted by atomic mass is 16.5. The lowest BCUT2D eigenvalue weighted by Gasteiger charge is -2.15. The average molecular weight is 285 g/mol. The summed E-state index contributed by atoms with van der Waals surface area (Å²) >= 11 is 0. The highest BCUT2D eigenvalue weighted by Crippen LogP contribution is 2.31. The summed E-state index contributed by atoms with van der Waals surface area (Å²) in [7, 11) is 1.65. The molecular weight excluding hydrogens is 262 g/mol. The highest BCUT2D eigenvalue weighted by molar-refractivity contribution is 5.44. The van der Waals surface area contributed by atoms with Crippen molar-refractivity contribution in [3.63, 3.8) is 0 Å². The molecule has 0 amide bonds. The molecule has 0 aliphatic heterocycles. The van der Waals surface area contributed by atoms with Gasteiger partial charge in [-0.2, -0.15) is 0 Å². The van der Waals surface area contributed by atoms with Crippen molar-refractivity contribution in [1.82, 2.24) is 0 Å². The van der Waals surface area contributed by atoms with Gasteiger partial charge in [0, 0.05) is 6.04 Å². The molecule has 1 atom stereocenters. The largest absolute Gasteiger partial charge is 0.493 e. The fourth-order valence-electron chi connectivity index (χ4n) is 2.31. The first-order valence-electron chi connectivity index (χ1n) is 7.14. The lowest BCUT2D eigenvalue weighted by molar-refractivity contribution is 0.283. The van der Waals surface area contributed by atoms with Gasteiger partial charge in [0.25, 0.3) is 0 Å². The van der Waals surface area contributed by atoms with E-state index in [1.165, 1.54) is 16.7 Å². The van der Waals surface area contributed by atoms with Crippen molar-refractivity contribution in [2.24, 2.45) is 5.73 Å². The Balaban J connectivity index is 2.20. The summed E-state index contributed by atoms with van der Waals surface area (Å²) in [6, 6.07) is 12.1. The first-order chi connectivity index (χ1) is 10.0. The van der Waals surface area contributed by atoms with Crippen LogP contribution in [0.1, 0.15) is 35.2 Å².